The summed E-state index contributed by atoms with van der Waals surface area (Å²) in [6.45, 7) is 3.13. The van der Waals surface area contributed by atoms with Crippen molar-refractivity contribution in [2.24, 2.45) is 0 Å². The van der Waals surface area contributed by atoms with Crippen molar-refractivity contribution in [1.29, 1.82) is 0 Å². The zero-order valence-electron chi connectivity index (χ0n) is 9.13. The Labute approximate surface area is 93.6 Å². The van der Waals surface area contributed by atoms with Crippen LogP contribution in [0.2, 0.25) is 0 Å². The Balaban J connectivity index is 2.90. The van der Waals surface area contributed by atoms with Crippen molar-refractivity contribution in [2.75, 3.05) is 24.6 Å². The number of carboxylic acid groups (broad SMARTS) is 1. The van der Waals surface area contributed by atoms with Gasteiger partial charge in [0, 0.05) is 13.1 Å². The van der Waals surface area contributed by atoms with Crippen LogP contribution >= 0.6 is 0 Å². The monoisotopic (exact) mass is 225 g/mol. The number of aromatic carboxylic acids is 1. The number of aliphatic hydroxyl groups is 1. The molecule has 1 heterocycles. The van der Waals surface area contributed by atoms with E-state index in [1.54, 1.807) is 4.90 Å². The predicted molar refractivity (Wildman–Crippen MR) is 58.6 cm³/mol. The van der Waals surface area contributed by atoms with Crippen molar-refractivity contribution in [3.05, 3.63) is 18.1 Å². The first-order valence-corrected chi connectivity index (χ1v) is 5.10. The van der Waals surface area contributed by atoms with Crippen molar-refractivity contribution in [3.63, 3.8) is 0 Å². The number of anilines is 1. The van der Waals surface area contributed by atoms with Crippen LogP contribution in [0.4, 0.5) is 5.82 Å². The van der Waals surface area contributed by atoms with Gasteiger partial charge in [-0.2, -0.15) is 0 Å². The Morgan fingerprint density at radius 1 is 1.44 bits per heavy atom. The summed E-state index contributed by atoms with van der Waals surface area (Å²) in [5.41, 5.74) is -0.0865. The molecule has 0 aliphatic heterocycles. The average molecular weight is 225 g/mol. The summed E-state index contributed by atoms with van der Waals surface area (Å²) in [6.07, 6.45) is 3.59. The fourth-order valence-electron chi connectivity index (χ4n) is 1.34. The maximum Gasteiger partial charge on any atom is 0.356 e. The van der Waals surface area contributed by atoms with Gasteiger partial charge in [-0.1, -0.05) is 6.92 Å². The minimum absolute atomic E-state index is 0.00101. The lowest BCUT2D eigenvalue weighted by atomic mass is 10.4. The average Bonchev–Trinajstić information content (AvgIpc) is 2.29. The highest BCUT2D eigenvalue weighted by molar-refractivity contribution is 5.85. The topological polar surface area (TPSA) is 86.5 Å². The molecule has 0 amide bonds. The molecule has 0 aliphatic rings. The molecule has 0 radical (unpaired) electrons. The van der Waals surface area contributed by atoms with Gasteiger partial charge < -0.3 is 15.1 Å². The van der Waals surface area contributed by atoms with E-state index in [0.29, 0.717) is 18.9 Å². The molecule has 2 N–H and O–H groups in total. The third-order valence-electron chi connectivity index (χ3n) is 2.03. The van der Waals surface area contributed by atoms with Crippen molar-refractivity contribution >= 4 is 11.8 Å². The number of aromatic nitrogens is 2. The molecular weight excluding hydrogens is 210 g/mol. The first kappa shape index (κ1) is 12.4. The first-order valence-electron chi connectivity index (χ1n) is 5.10. The SMILES string of the molecule is CCCN(CCO)c1cncc(C(=O)O)n1. The van der Waals surface area contributed by atoms with Crippen LogP contribution in [0.1, 0.15) is 23.8 Å². The first-order chi connectivity index (χ1) is 7.69. The lowest BCUT2D eigenvalue weighted by Crippen LogP contribution is -2.28. The van der Waals surface area contributed by atoms with Gasteiger partial charge >= 0.3 is 5.97 Å². The molecule has 0 saturated carbocycles. The van der Waals surface area contributed by atoms with Gasteiger partial charge in [-0.15, -0.1) is 0 Å². The molecule has 0 aliphatic carbocycles. The molecule has 0 fully saturated rings. The summed E-state index contributed by atoms with van der Waals surface area (Å²) in [7, 11) is 0. The third-order valence-corrected chi connectivity index (χ3v) is 2.03. The lowest BCUT2D eigenvalue weighted by molar-refractivity contribution is 0.0690. The van der Waals surface area contributed by atoms with E-state index in [2.05, 4.69) is 9.97 Å². The molecule has 6 nitrogen and oxygen atoms in total. The number of aliphatic hydroxyl groups excluding tert-OH is 1. The van der Waals surface area contributed by atoms with Crippen molar-refractivity contribution in [3.8, 4) is 0 Å². The summed E-state index contributed by atoms with van der Waals surface area (Å²) in [5, 5.41) is 17.7. The Kier molecular flexibility index (Phi) is 4.65. The lowest BCUT2D eigenvalue weighted by Gasteiger charge is -2.21. The second kappa shape index (κ2) is 6.02. The Bertz CT molecular complexity index is 351. The number of hydrogen-bond donors (Lipinski definition) is 2. The predicted octanol–water partition coefficient (Wildman–Crippen LogP) is 0.384. The highest BCUT2D eigenvalue weighted by Gasteiger charge is 2.10. The standard InChI is InChI=1S/C10H15N3O3/c1-2-3-13(4-5-14)9-7-11-6-8(12-9)10(15)16/h6-7,14H,2-5H2,1H3,(H,15,16). The molecule has 88 valence electrons. The van der Waals surface area contributed by atoms with Gasteiger partial charge in [-0.05, 0) is 6.42 Å². The zero-order chi connectivity index (χ0) is 12.0. The van der Waals surface area contributed by atoms with Crippen LogP contribution in [0.3, 0.4) is 0 Å². The number of carbonyl (C=O) groups is 1. The molecule has 0 aromatic carbocycles. The smallest absolute Gasteiger partial charge is 0.356 e. The van der Waals surface area contributed by atoms with E-state index in [1.165, 1.54) is 12.4 Å². The zero-order valence-corrected chi connectivity index (χ0v) is 9.13. The summed E-state index contributed by atoms with van der Waals surface area (Å²) >= 11 is 0. The van der Waals surface area contributed by atoms with E-state index in [9.17, 15) is 4.79 Å². The van der Waals surface area contributed by atoms with Gasteiger partial charge in [-0.3, -0.25) is 4.98 Å². The summed E-state index contributed by atoms with van der Waals surface area (Å²) in [4.78, 5) is 20.3. The number of hydrogen-bond acceptors (Lipinski definition) is 5. The minimum Gasteiger partial charge on any atom is -0.476 e. The van der Waals surface area contributed by atoms with Crippen LogP contribution in [-0.4, -0.2) is 45.8 Å². The van der Waals surface area contributed by atoms with Crippen molar-refractivity contribution in [1.82, 2.24) is 9.97 Å². The Morgan fingerprint density at radius 2 is 2.19 bits per heavy atom. The third kappa shape index (κ3) is 3.16. The molecule has 1 aromatic rings. The normalized spacial score (nSPS) is 10.1. The van der Waals surface area contributed by atoms with Gasteiger partial charge in [0.05, 0.1) is 19.0 Å². The van der Waals surface area contributed by atoms with Crippen LogP contribution in [0.25, 0.3) is 0 Å². The molecule has 16 heavy (non-hydrogen) atoms. The van der Waals surface area contributed by atoms with E-state index in [1.807, 2.05) is 6.92 Å². The van der Waals surface area contributed by atoms with Crippen molar-refractivity contribution in [2.45, 2.75) is 13.3 Å². The number of rotatable bonds is 6. The molecular formula is C10H15N3O3. The quantitative estimate of drug-likeness (QED) is 0.728. The molecule has 0 atom stereocenters. The number of carboxylic acids is 1. The van der Waals surface area contributed by atoms with Gasteiger partial charge in [0.15, 0.2) is 5.69 Å². The van der Waals surface area contributed by atoms with E-state index in [0.717, 1.165) is 6.42 Å². The van der Waals surface area contributed by atoms with Gasteiger partial charge in [0.2, 0.25) is 0 Å². The maximum absolute atomic E-state index is 10.7. The Morgan fingerprint density at radius 3 is 2.75 bits per heavy atom. The van der Waals surface area contributed by atoms with Gasteiger partial charge in [-0.25, -0.2) is 9.78 Å². The summed E-state index contributed by atoms with van der Waals surface area (Å²) in [6, 6.07) is 0. The fraction of sp³-hybridized carbons (Fsp3) is 0.500. The van der Waals surface area contributed by atoms with Crippen LogP contribution in [0.15, 0.2) is 12.4 Å². The largest absolute Gasteiger partial charge is 0.476 e. The van der Waals surface area contributed by atoms with Gasteiger partial charge in [0.1, 0.15) is 5.82 Å². The van der Waals surface area contributed by atoms with Crippen LogP contribution in [-0.2, 0) is 0 Å². The summed E-state index contributed by atoms with van der Waals surface area (Å²) in [5.74, 6) is -0.620. The van der Waals surface area contributed by atoms with Crippen LogP contribution < -0.4 is 4.90 Å². The molecule has 0 unspecified atom stereocenters. The highest BCUT2D eigenvalue weighted by Crippen LogP contribution is 2.09. The molecule has 0 saturated heterocycles. The molecule has 1 rings (SSSR count). The molecule has 0 bridgehead atoms. The van der Waals surface area contributed by atoms with E-state index in [4.69, 9.17) is 10.2 Å². The maximum atomic E-state index is 10.7. The van der Waals surface area contributed by atoms with Crippen molar-refractivity contribution < 1.29 is 15.0 Å². The van der Waals surface area contributed by atoms with E-state index >= 15 is 0 Å². The minimum atomic E-state index is -1.10. The number of nitrogens with zero attached hydrogens (tertiary/aromatic N) is 3. The highest BCUT2D eigenvalue weighted by atomic mass is 16.4. The van der Waals surface area contributed by atoms with Crippen LogP contribution in [0.5, 0.6) is 0 Å². The van der Waals surface area contributed by atoms with E-state index in [-0.39, 0.29) is 12.3 Å². The second-order valence-corrected chi connectivity index (χ2v) is 3.28. The molecule has 0 spiro atoms. The van der Waals surface area contributed by atoms with E-state index < -0.39 is 5.97 Å². The Hall–Kier alpha value is -1.69. The molecule has 6 heteroatoms. The van der Waals surface area contributed by atoms with Gasteiger partial charge in [0.25, 0.3) is 0 Å². The van der Waals surface area contributed by atoms with Crippen LogP contribution in [0, 0.1) is 0 Å². The molecule has 1 aromatic heterocycles. The fourth-order valence-corrected chi connectivity index (χ4v) is 1.34. The summed E-state index contributed by atoms with van der Waals surface area (Å²) < 4.78 is 0. The second-order valence-electron chi connectivity index (χ2n) is 3.28.